The van der Waals surface area contributed by atoms with E-state index in [9.17, 15) is 30.3 Å². The first-order valence-corrected chi connectivity index (χ1v) is 6.98. The van der Waals surface area contributed by atoms with E-state index in [-0.39, 0.29) is 57.9 Å². The summed E-state index contributed by atoms with van der Waals surface area (Å²) in [5.41, 5.74) is 2.75. The molecule has 23 heavy (non-hydrogen) atoms. The Bertz CT molecular complexity index is 374. The zero-order valence-corrected chi connectivity index (χ0v) is 16.6. The molecule has 0 rings (SSSR count). The molecular formula is C10H21KN6O6. The summed E-state index contributed by atoms with van der Waals surface area (Å²) in [6.07, 6.45) is 5.53. The zero-order chi connectivity index (χ0) is 17.0. The minimum Gasteiger partial charge on any atom is -0.352 e. The van der Waals surface area contributed by atoms with Gasteiger partial charge in [0.1, 0.15) is 0 Å². The first kappa shape index (κ1) is 24.5. The van der Waals surface area contributed by atoms with Crippen molar-refractivity contribution in [2.75, 3.05) is 19.9 Å². The number of rotatable bonds is 14. The Balaban J connectivity index is 0. The van der Waals surface area contributed by atoms with Crippen LogP contribution in [-0.4, -0.2) is 45.0 Å². The van der Waals surface area contributed by atoms with Gasteiger partial charge < -0.3 is 5.43 Å². The van der Waals surface area contributed by atoms with Crippen LogP contribution >= 0.6 is 0 Å². The van der Waals surface area contributed by atoms with Crippen molar-refractivity contribution in [2.45, 2.75) is 45.4 Å². The summed E-state index contributed by atoms with van der Waals surface area (Å²) >= 11 is 0. The number of hydrogen-bond donors (Lipinski definition) is 0. The third-order valence-corrected chi connectivity index (χ3v) is 2.90. The molecule has 13 heteroatoms. The summed E-state index contributed by atoms with van der Waals surface area (Å²) in [4.78, 5) is 31.7. The minimum atomic E-state index is -1.07. The van der Waals surface area contributed by atoms with Gasteiger partial charge in [0.05, 0.1) is 13.2 Å². The van der Waals surface area contributed by atoms with E-state index in [1.165, 1.54) is 0 Å². The second-order valence-corrected chi connectivity index (χ2v) is 4.64. The van der Waals surface area contributed by atoms with Crippen LogP contribution in [0.15, 0.2) is 0 Å². The van der Waals surface area contributed by atoms with Crippen molar-refractivity contribution in [3.8, 4) is 0 Å². The van der Waals surface area contributed by atoms with Crippen LogP contribution in [0.1, 0.15) is 45.4 Å². The maximum Gasteiger partial charge on any atom is 1.00 e. The molecule has 0 N–H and O–H groups in total. The Labute approximate surface area is 176 Å². The largest absolute Gasteiger partial charge is 1.00 e. The van der Waals surface area contributed by atoms with Crippen molar-refractivity contribution in [3.05, 3.63) is 35.8 Å². The van der Waals surface area contributed by atoms with Gasteiger partial charge in [-0.25, -0.2) is 20.2 Å². The standard InChI is InChI=1S/C10H21N6O6.K/c1-2-3-4-5-6-7-8-12(15(19)20)10-13(16(21)22)9-11-14(17)18;/h2-10H2,1H3;/q-1;+1. The molecule has 0 saturated carbocycles. The molecule has 0 heterocycles. The van der Waals surface area contributed by atoms with Gasteiger partial charge in [0, 0.05) is 0 Å². The fraction of sp³-hybridized carbons (Fsp3) is 1.00. The summed E-state index contributed by atoms with van der Waals surface area (Å²) < 4.78 is 0. The molecule has 0 radical (unpaired) electrons. The van der Waals surface area contributed by atoms with E-state index < -0.39 is 28.4 Å². The van der Waals surface area contributed by atoms with Crippen LogP contribution in [0.2, 0.25) is 0 Å². The van der Waals surface area contributed by atoms with Gasteiger partial charge in [-0.15, -0.1) is 10.0 Å². The molecule has 0 aromatic heterocycles. The molecular weight excluding hydrogens is 339 g/mol. The number of nitro groups is 3. The summed E-state index contributed by atoms with van der Waals surface area (Å²) in [6, 6.07) is 0. The van der Waals surface area contributed by atoms with E-state index in [0.717, 1.165) is 32.1 Å². The molecule has 0 atom stereocenters. The molecule has 0 amide bonds. The van der Waals surface area contributed by atoms with E-state index in [4.69, 9.17) is 0 Å². The van der Waals surface area contributed by atoms with E-state index in [0.29, 0.717) is 16.4 Å². The van der Waals surface area contributed by atoms with Gasteiger partial charge in [-0.3, -0.25) is 10.1 Å². The Kier molecular flexibility index (Phi) is 15.8. The van der Waals surface area contributed by atoms with E-state index in [2.05, 4.69) is 12.3 Å². The second kappa shape index (κ2) is 14.8. The van der Waals surface area contributed by atoms with Crippen molar-refractivity contribution in [1.82, 2.24) is 10.0 Å². The summed E-state index contributed by atoms with van der Waals surface area (Å²) in [6.45, 7) is 0.617. The van der Waals surface area contributed by atoms with Gasteiger partial charge >= 0.3 is 51.4 Å². The predicted molar refractivity (Wildman–Crippen MR) is 76.0 cm³/mol. The Morgan fingerprint density at radius 2 is 1.39 bits per heavy atom. The molecule has 0 fully saturated rings. The third kappa shape index (κ3) is 13.4. The Morgan fingerprint density at radius 3 is 1.87 bits per heavy atom. The fourth-order valence-electron chi connectivity index (χ4n) is 1.74. The quantitative estimate of drug-likeness (QED) is 0.123. The number of hydrogen-bond acceptors (Lipinski definition) is 6. The molecule has 0 unspecified atom stereocenters. The van der Waals surface area contributed by atoms with Crippen LogP contribution in [0.4, 0.5) is 0 Å². The topological polar surface area (TPSA) is 150 Å². The molecule has 0 bridgehead atoms. The minimum absolute atomic E-state index is 0. The van der Waals surface area contributed by atoms with Crippen molar-refractivity contribution >= 4 is 0 Å². The van der Waals surface area contributed by atoms with Gasteiger partial charge in [0.15, 0.2) is 10.1 Å². The number of nitrogens with zero attached hydrogens (tertiary/aromatic N) is 6. The van der Waals surface area contributed by atoms with Gasteiger partial charge in [0.25, 0.3) is 0 Å². The van der Waals surface area contributed by atoms with E-state index >= 15 is 0 Å². The first-order valence-electron chi connectivity index (χ1n) is 6.98. The molecule has 0 aliphatic heterocycles. The van der Waals surface area contributed by atoms with Crippen molar-refractivity contribution in [1.29, 1.82) is 0 Å². The van der Waals surface area contributed by atoms with Crippen molar-refractivity contribution < 1.29 is 66.5 Å². The Hall–Kier alpha value is -0.764. The number of hydrazine groups is 2. The van der Waals surface area contributed by atoms with E-state index in [1.807, 2.05) is 0 Å². The maximum absolute atomic E-state index is 10.9. The predicted octanol–water partition coefficient (Wildman–Crippen LogP) is -1.18. The van der Waals surface area contributed by atoms with Crippen LogP contribution in [0.3, 0.4) is 0 Å². The monoisotopic (exact) mass is 360 g/mol. The second-order valence-electron chi connectivity index (χ2n) is 4.64. The van der Waals surface area contributed by atoms with Gasteiger partial charge in [-0.2, -0.15) is 0 Å². The van der Waals surface area contributed by atoms with Gasteiger partial charge in [0.2, 0.25) is 6.67 Å². The summed E-state index contributed by atoms with van der Waals surface area (Å²) in [7, 11) is 0. The van der Waals surface area contributed by atoms with E-state index in [1.54, 1.807) is 0 Å². The molecule has 0 aromatic carbocycles. The summed E-state index contributed by atoms with van der Waals surface area (Å²) in [5.74, 6) is 0. The molecule has 128 valence electrons. The SMILES string of the molecule is CCCCCCCCN(CN(C[N-][N+](=O)[O-])[N+](=O)[O-])[N+](=O)[O-].[K+]. The normalized spacial score (nSPS) is 9.61. The smallest absolute Gasteiger partial charge is 0.352 e. The molecule has 0 aromatic rings. The van der Waals surface area contributed by atoms with Crippen LogP contribution < -0.4 is 51.4 Å². The van der Waals surface area contributed by atoms with Crippen molar-refractivity contribution in [2.24, 2.45) is 0 Å². The average Bonchev–Trinajstić information content (AvgIpc) is 2.43. The van der Waals surface area contributed by atoms with Crippen LogP contribution in [0.5, 0.6) is 0 Å². The molecule has 0 aliphatic rings. The molecule has 0 aliphatic carbocycles. The van der Waals surface area contributed by atoms with Gasteiger partial charge in [-0.1, -0.05) is 39.0 Å². The number of unbranched alkanes of at least 4 members (excludes halogenated alkanes) is 5. The Morgan fingerprint density at radius 1 is 0.870 bits per heavy atom. The molecule has 12 nitrogen and oxygen atoms in total. The molecule has 0 saturated heterocycles. The fourth-order valence-corrected chi connectivity index (χ4v) is 1.74. The molecule has 0 spiro atoms. The van der Waals surface area contributed by atoms with Crippen LogP contribution in [0.25, 0.3) is 5.43 Å². The van der Waals surface area contributed by atoms with Crippen LogP contribution in [0, 0.1) is 30.3 Å². The first-order chi connectivity index (χ1) is 10.4. The summed E-state index contributed by atoms with van der Waals surface area (Å²) in [5, 5.41) is 29.9. The van der Waals surface area contributed by atoms with Crippen LogP contribution in [-0.2, 0) is 0 Å². The third-order valence-electron chi connectivity index (χ3n) is 2.90. The van der Waals surface area contributed by atoms with Crippen molar-refractivity contribution in [3.63, 3.8) is 0 Å². The average molecular weight is 360 g/mol. The maximum atomic E-state index is 10.9. The zero-order valence-electron chi connectivity index (χ0n) is 13.5. The van der Waals surface area contributed by atoms with Gasteiger partial charge in [-0.05, 0) is 11.5 Å².